The fourth-order valence-corrected chi connectivity index (χ4v) is 5.88. The van der Waals surface area contributed by atoms with Crippen LogP contribution in [0.1, 0.15) is 40.6 Å². The van der Waals surface area contributed by atoms with Gasteiger partial charge >= 0.3 is 0 Å². The van der Waals surface area contributed by atoms with Crippen molar-refractivity contribution in [2.24, 2.45) is 11.7 Å². The van der Waals surface area contributed by atoms with E-state index in [1.165, 1.54) is 22.6 Å². The molecule has 3 N–H and O–H groups in total. The third-order valence-corrected chi connectivity index (χ3v) is 7.61. The van der Waals surface area contributed by atoms with Gasteiger partial charge in [0.05, 0.1) is 24.3 Å². The third-order valence-electron chi connectivity index (χ3n) is 5.21. The van der Waals surface area contributed by atoms with Gasteiger partial charge in [-0.1, -0.05) is 0 Å². The van der Waals surface area contributed by atoms with E-state index in [1.807, 2.05) is 0 Å². The number of sulfonamides is 1. The lowest BCUT2D eigenvalue weighted by Crippen LogP contribution is -2.43. The Hall–Kier alpha value is -1.98. The van der Waals surface area contributed by atoms with Gasteiger partial charge in [-0.05, 0) is 24.8 Å². The second kappa shape index (κ2) is 7.80. The first-order valence-electron chi connectivity index (χ1n) is 9.03. The largest absolute Gasteiger partial charge is 0.365 e. The molecule has 0 radical (unpaired) electrons. The number of carbonyl (C=O) groups excluding carboxylic acids is 3. The van der Waals surface area contributed by atoms with Crippen molar-refractivity contribution >= 4 is 44.1 Å². The molecule has 3 amide bonds. The molecule has 0 bridgehead atoms. The van der Waals surface area contributed by atoms with E-state index in [-0.39, 0.29) is 18.4 Å². The number of anilines is 1. The van der Waals surface area contributed by atoms with Gasteiger partial charge in [-0.15, -0.1) is 11.3 Å². The minimum absolute atomic E-state index is 0.0478. The number of hydrogen-bond donors (Lipinski definition) is 2. The Morgan fingerprint density at radius 2 is 1.96 bits per heavy atom. The number of primary amides is 1. The van der Waals surface area contributed by atoms with E-state index < -0.39 is 21.8 Å². The van der Waals surface area contributed by atoms with Crippen molar-refractivity contribution in [2.75, 3.05) is 31.2 Å². The zero-order valence-corrected chi connectivity index (χ0v) is 17.5. The van der Waals surface area contributed by atoms with Crippen LogP contribution >= 0.6 is 11.3 Å². The molecular weight excluding hydrogens is 404 g/mol. The highest BCUT2D eigenvalue weighted by atomic mass is 32.2. The lowest BCUT2D eigenvalue weighted by molar-refractivity contribution is -0.129. The first-order chi connectivity index (χ1) is 13.1. The minimum atomic E-state index is -3.36. The van der Waals surface area contributed by atoms with Gasteiger partial charge in [-0.2, -0.15) is 0 Å². The molecule has 154 valence electrons. The summed E-state index contributed by atoms with van der Waals surface area (Å²) < 4.78 is 24.9. The predicted molar refractivity (Wildman–Crippen MR) is 105 cm³/mol. The Kier molecular flexibility index (Phi) is 5.78. The Morgan fingerprint density at radius 3 is 2.57 bits per heavy atom. The van der Waals surface area contributed by atoms with Gasteiger partial charge < -0.3 is 16.0 Å². The van der Waals surface area contributed by atoms with Gasteiger partial charge in [0.25, 0.3) is 5.91 Å². The molecule has 3 rings (SSSR count). The monoisotopic (exact) mass is 428 g/mol. The molecule has 0 spiro atoms. The van der Waals surface area contributed by atoms with Crippen LogP contribution in [0.2, 0.25) is 0 Å². The average molecular weight is 429 g/mol. The highest BCUT2D eigenvalue weighted by Crippen LogP contribution is 2.37. The molecule has 0 saturated carbocycles. The summed E-state index contributed by atoms with van der Waals surface area (Å²) in [7, 11) is -3.36. The number of nitrogens with two attached hydrogens (primary N) is 1. The molecule has 1 atom stereocenters. The van der Waals surface area contributed by atoms with Crippen molar-refractivity contribution in [1.29, 1.82) is 0 Å². The molecule has 0 aliphatic carbocycles. The fourth-order valence-electron chi connectivity index (χ4n) is 3.69. The van der Waals surface area contributed by atoms with E-state index in [9.17, 15) is 22.8 Å². The zero-order valence-electron chi connectivity index (χ0n) is 15.9. The molecule has 3 heterocycles. The Balaban J connectivity index is 1.81. The summed E-state index contributed by atoms with van der Waals surface area (Å²) in [6.07, 6.45) is 2.81. The third kappa shape index (κ3) is 4.20. The van der Waals surface area contributed by atoms with E-state index >= 15 is 0 Å². The van der Waals surface area contributed by atoms with Gasteiger partial charge in [0.2, 0.25) is 21.8 Å². The number of carbonyl (C=O) groups is 3. The number of hydrogen-bond acceptors (Lipinski definition) is 6. The molecule has 2 aliphatic heterocycles. The highest BCUT2D eigenvalue weighted by molar-refractivity contribution is 7.88. The molecule has 28 heavy (non-hydrogen) atoms. The summed E-state index contributed by atoms with van der Waals surface area (Å²) in [6, 6.07) is 0. The van der Waals surface area contributed by atoms with Gasteiger partial charge in [-0.3, -0.25) is 14.4 Å². The van der Waals surface area contributed by atoms with Crippen LogP contribution in [0.5, 0.6) is 0 Å². The number of nitrogens with zero attached hydrogens (tertiary/aromatic N) is 2. The Bertz CT molecular complexity index is 924. The minimum Gasteiger partial charge on any atom is -0.365 e. The molecule has 1 aromatic heterocycles. The van der Waals surface area contributed by atoms with Crippen LogP contribution in [0, 0.1) is 5.92 Å². The van der Waals surface area contributed by atoms with Crippen molar-refractivity contribution in [3.05, 3.63) is 16.0 Å². The number of rotatable bonds is 4. The standard InChI is InChI=1S/C17H24N4O5S2/c1-10(22)20-7-5-12-13(9-20)27-17(14(12)15(18)23)19-16(24)11-4-3-6-21(8-11)28(2,25)26/h11H,3-9H2,1-2H3,(H2,18,23)(H,19,24)/t11-/m0/s1. The highest BCUT2D eigenvalue weighted by Gasteiger charge is 2.33. The fraction of sp³-hybridized carbons (Fsp3) is 0.588. The normalized spacial score (nSPS) is 20.5. The smallest absolute Gasteiger partial charge is 0.251 e. The van der Waals surface area contributed by atoms with Gasteiger partial charge in [0.15, 0.2) is 0 Å². The molecule has 0 aromatic carbocycles. The molecule has 1 fully saturated rings. The Labute approximate surface area is 167 Å². The zero-order chi connectivity index (χ0) is 20.6. The van der Waals surface area contributed by atoms with Gasteiger partial charge in [0.1, 0.15) is 5.00 Å². The van der Waals surface area contributed by atoms with Gasteiger partial charge in [0, 0.05) is 31.4 Å². The predicted octanol–water partition coefficient (Wildman–Crippen LogP) is 0.362. The topological polar surface area (TPSA) is 130 Å². The van der Waals surface area contributed by atoms with E-state index in [1.54, 1.807) is 4.90 Å². The first-order valence-corrected chi connectivity index (χ1v) is 11.7. The number of amides is 3. The molecule has 2 aliphatic rings. The first kappa shape index (κ1) is 20.7. The summed E-state index contributed by atoms with van der Waals surface area (Å²) in [6.45, 7) is 2.91. The van der Waals surface area contributed by atoms with Crippen LogP contribution in [0.4, 0.5) is 5.00 Å². The van der Waals surface area contributed by atoms with Crippen LogP contribution in [-0.2, 0) is 32.6 Å². The van der Waals surface area contributed by atoms with Crippen molar-refractivity contribution in [3.63, 3.8) is 0 Å². The van der Waals surface area contributed by atoms with Crippen LogP contribution in [-0.4, -0.2) is 61.2 Å². The number of piperidine rings is 1. The summed E-state index contributed by atoms with van der Waals surface area (Å²) >= 11 is 1.25. The number of fused-ring (bicyclic) bond motifs is 1. The maximum Gasteiger partial charge on any atom is 0.251 e. The van der Waals surface area contributed by atoms with E-state index in [0.29, 0.717) is 49.5 Å². The molecule has 11 heteroatoms. The second-order valence-electron chi connectivity index (χ2n) is 7.21. The summed E-state index contributed by atoms with van der Waals surface area (Å²) in [5, 5.41) is 3.17. The molecule has 1 aromatic rings. The van der Waals surface area contributed by atoms with Crippen LogP contribution in [0.25, 0.3) is 0 Å². The Morgan fingerprint density at radius 1 is 1.25 bits per heavy atom. The van der Waals surface area contributed by atoms with Crippen LogP contribution in [0.15, 0.2) is 0 Å². The summed E-state index contributed by atoms with van der Waals surface area (Å²) in [5.41, 5.74) is 6.64. The number of thiophene rings is 1. The molecule has 0 unspecified atom stereocenters. The van der Waals surface area contributed by atoms with Crippen LogP contribution < -0.4 is 11.1 Å². The van der Waals surface area contributed by atoms with Crippen molar-refractivity contribution in [2.45, 2.75) is 32.7 Å². The lowest BCUT2D eigenvalue weighted by Gasteiger charge is -2.30. The summed E-state index contributed by atoms with van der Waals surface area (Å²) in [4.78, 5) is 38.9. The average Bonchev–Trinajstić information content (AvgIpc) is 2.98. The molecule has 9 nitrogen and oxygen atoms in total. The maximum absolute atomic E-state index is 12.8. The SMILES string of the molecule is CC(=O)N1CCc2c(sc(NC(=O)[C@H]3CCCN(S(C)(=O)=O)C3)c2C(N)=O)C1. The molecular formula is C17H24N4O5S2. The van der Waals surface area contributed by atoms with Crippen molar-refractivity contribution < 1.29 is 22.8 Å². The number of nitrogens with one attached hydrogen (secondary N) is 1. The van der Waals surface area contributed by atoms with E-state index in [2.05, 4.69) is 5.32 Å². The van der Waals surface area contributed by atoms with Gasteiger partial charge in [-0.25, -0.2) is 12.7 Å². The van der Waals surface area contributed by atoms with E-state index in [4.69, 9.17) is 5.73 Å². The summed E-state index contributed by atoms with van der Waals surface area (Å²) in [5.74, 6) is -1.48. The van der Waals surface area contributed by atoms with Crippen molar-refractivity contribution in [3.8, 4) is 0 Å². The second-order valence-corrected chi connectivity index (χ2v) is 10.3. The lowest BCUT2D eigenvalue weighted by atomic mass is 9.98. The maximum atomic E-state index is 12.8. The van der Waals surface area contributed by atoms with Crippen molar-refractivity contribution in [1.82, 2.24) is 9.21 Å². The van der Waals surface area contributed by atoms with Crippen LogP contribution in [0.3, 0.4) is 0 Å². The van der Waals surface area contributed by atoms with E-state index in [0.717, 1.165) is 16.7 Å². The quantitative estimate of drug-likeness (QED) is 0.715. The molecule has 1 saturated heterocycles.